The van der Waals surface area contributed by atoms with Gasteiger partial charge in [-0.2, -0.15) is 0 Å². The first-order chi connectivity index (χ1) is 8.68. The van der Waals surface area contributed by atoms with Crippen LogP contribution in [-0.4, -0.2) is 49.7 Å². The molecule has 2 saturated heterocycles. The molecule has 0 saturated carbocycles. The number of nitrogens with one attached hydrogen (secondary N) is 1. The predicted molar refractivity (Wildman–Crippen MR) is 71.4 cm³/mol. The number of carbonyl (C=O) groups excluding carboxylic acids is 1. The molecule has 0 bridgehead atoms. The van der Waals surface area contributed by atoms with Crippen LogP contribution in [-0.2, 0) is 9.53 Å². The molecule has 0 radical (unpaired) electrons. The third kappa shape index (κ3) is 3.45. The zero-order chi connectivity index (χ0) is 13.0. The molecule has 0 spiro atoms. The molecule has 104 valence electrons. The summed E-state index contributed by atoms with van der Waals surface area (Å²) in [5.41, 5.74) is 0. The third-order valence-corrected chi connectivity index (χ3v) is 3.98. The van der Waals surface area contributed by atoms with Gasteiger partial charge in [0.15, 0.2) is 0 Å². The van der Waals surface area contributed by atoms with Crippen LogP contribution < -0.4 is 5.32 Å². The van der Waals surface area contributed by atoms with Crippen LogP contribution in [0.5, 0.6) is 0 Å². The van der Waals surface area contributed by atoms with Crippen molar-refractivity contribution in [2.24, 2.45) is 11.8 Å². The van der Waals surface area contributed by atoms with Crippen LogP contribution in [0.1, 0.15) is 33.1 Å². The molecule has 2 heterocycles. The molecule has 2 atom stereocenters. The number of ether oxygens (including phenoxy) is 1. The van der Waals surface area contributed by atoms with Gasteiger partial charge in [0.25, 0.3) is 0 Å². The lowest BCUT2D eigenvalue weighted by atomic mass is 9.94. The van der Waals surface area contributed by atoms with Crippen molar-refractivity contribution >= 4 is 5.91 Å². The Hall–Kier alpha value is -0.610. The molecule has 2 aliphatic rings. The highest BCUT2D eigenvalue weighted by Crippen LogP contribution is 2.25. The van der Waals surface area contributed by atoms with Crippen molar-refractivity contribution in [1.29, 1.82) is 0 Å². The van der Waals surface area contributed by atoms with E-state index in [2.05, 4.69) is 19.2 Å². The van der Waals surface area contributed by atoms with E-state index in [9.17, 15) is 4.79 Å². The van der Waals surface area contributed by atoms with Crippen LogP contribution in [0, 0.1) is 11.8 Å². The van der Waals surface area contributed by atoms with Crippen LogP contribution in [0.15, 0.2) is 0 Å². The monoisotopic (exact) mass is 254 g/mol. The van der Waals surface area contributed by atoms with Gasteiger partial charge < -0.3 is 15.0 Å². The van der Waals surface area contributed by atoms with Crippen molar-refractivity contribution in [3.05, 3.63) is 0 Å². The molecule has 1 amide bonds. The van der Waals surface area contributed by atoms with Gasteiger partial charge in [-0.15, -0.1) is 0 Å². The smallest absolute Gasteiger partial charge is 0.227 e. The van der Waals surface area contributed by atoms with Crippen molar-refractivity contribution in [2.45, 2.75) is 39.2 Å². The molecule has 0 aromatic heterocycles. The summed E-state index contributed by atoms with van der Waals surface area (Å²) in [6, 6.07) is 0.391. The Morgan fingerprint density at radius 1 is 1.44 bits per heavy atom. The second kappa shape index (κ2) is 6.53. The number of rotatable bonds is 6. The van der Waals surface area contributed by atoms with Gasteiger partial charge in [-0.05, 0) is 31.7 Å². The van der Waals surface area contributed by atoms with E-state index < -0.39 is 0 Å². The maximum Gasteiger partial charge on any atom is 0.227 e. The maximum atomic E-state index is 12.1. The van der Waals surface area contributed by atoms with E-state index in [-0.39, 0.29) is 5.92 Å². The van der Waals surface area contributed by atoms with Crippen molar-refractivity contribution < 1.29 is 9.53 Å². The Morgan fingerprint density at radius 3 is 3.00 bits per heavy atom. The summed E-state index contributed by atoms with van der Waals surface area (Å²) in [6.45, 7) is 8.58. The number of fused-ring (bicyclic) bond motifs is 1. The molecule has 2 rings (SSSR count). The van der Waals surface area contributed by atoms with Gasteiger partial charge in [-0.1, -0.05) is 13.8 Å². The second-order valence-electron chi connectivity index (χ2n) is 5.89. The first kappa shape index (κ1) is 13.8. The molecular weight excluding hydrogens is 228 g/mol. The topological polar surface area (TPSA) is 41.6 Å². The summed E-state index contributed by atoms with van der Waals surface area (Å²) < 4.78 is 5.59. The molecule has 0 aromatic rings. The molecule has 4 nitrogen and oxygen atoms in total. The van der Waals surface area contributed by atoms with Crippen LogP contribution in [0.2, 0.25) is 0 Å². The number of likely N-dealkylation sites (tertiary alicyclic amines) is 1. The normalized spacial score (nSPS) is 27.9. The Morgan fingerprint density at radius 2 is 2.28 bits per heavy atom. The standard InChI is InChI=1S/C14H26N2O2/c1-11(2)5-8-18-9-7-16-10-13-12(14(16)17)4-3-6-15-13/h11-13,15H,3-10H2,1-2H3. The van der Waals surface area contributed by atoms with Crippen molar-refractivity contribution in [3.8, 4) is 0 Å². The number of hydrogen-bond donors (Lipinski definition) is 1. The quantitative estimate of drug-likeness (QED) is 0.726. The van der Waals surface area contributed by atoms with Crippen molar-refractivity contribution in [1.82, 2.24) is 10.2 Å². The van der Waals surface area contributed by atoms with Gasteiger partial charge in [0, 0.05) is 25.7 Å². The summed E-state index contributed by atoms with van der Waals surface area (Å²) in [6.07, 6.45) is 3.29. The summed E-state index contributed by atoms with van der Waals surface area (Å²) in [5.74, 6) is 1.25. The zero-order valence-electron chi connectivity index (χ0n) is 11.7. The van der Waals surface area contributed by atoms with Crippen LogP contribution >= 0.6 is 0 Å². The average Bonchev–Trinajstić information content (AvgIpc) is 2.66. The van der Waals surface area contributed by atoms with Crippen LogP contribution in [0.25, 0.3) is 0 Å². The minimum absolute atomic E-state index is 0.231. The second-order valence-corrected chi connectivity index (χ2v) is 5.89. The molecule has 2 aliphatic heterocycles. The minimum Gasteiger partial charge on any atom is -0.380 e. The highest BCUT2D eigenvalue weighted by molar-refractivity contribution is 5.82. The summed E-state index contributed by atoms with van der Waals surface area (Å²) >= 11 is 0. The Labute approximate surface area is 110 Å². The molecule has 18 heavy (non-hydrogen) atoms. The number of amides is 1. The number of nitrogens with zero attached hydrogens (tertiary/aromatic N) is 1. The molecular formula is C14H26N2O2. The third-order valence-electron chi connectivity index (χ3n) is 3.98. The molecule has 0 aliphatic carbocycles. The van der Waals surface area contributed by atoms with Gasteiger partial charge in [-0.3, -0.25) is 4.79 Å². The lowest BCUT2D eigenvalue weighted by Crippen LogP contribution is -2.41. The van der Waals surface area contributed by atoms with Crippen molar-refractivity contribution in [3.63, 3.8) is 0 Å². The summed E-state index contributed by atoms with van der Waals surface area (Å²) in [7, 11) is 0. The fraction of sp³-hybridized carbons (Fsp3) is 0.929. The highest BCUT2D eigenvalue weighted by Gasteiger charge is 2.40. The van der Waals surface area contributed by atoms with E-state index in [1.165, 1.54) is 0 Å². The first-order valence-electron chi connectivity index (χ1n) is 7.28. The molecule has 4 heteroatoms. The number of piperidine rings is 1. The van der Waals surface area contributed by atoms with E-state index in [1.807, 2.05) is 4.90 Å². The highest BCUT2D eigenvalue weighted by atomic mass is 16.5. The largest absolute Gasteiger partial charge is 0.380 e. The molecule has 1 N–H and O–H groups in total. The Bertz CT molecular complexity index is 281. The number of carbonyl (C=O) groups is 1. The van der Waals surface area contributed by atoms with E-state index >= 15 is 0 Å². The van der Waals surface area contributed by atoms with Crippen LogP contribution in [0.4, 0.5) is 0 Å². The predicted octanol–water partition coefficient (Wildman–Crippen LogP) is 1.26. The fourth-order valence-corrected chi connectivity index (χ4v) is 2.80. The molecule has 0 aromatic carbocycles. The molecule has 2 fully saturated rings. The summed E-state index contributed by atoms with van der Waals surface area (Å²) in [5, 5.41) is 3.45. The molecule has 2 unspecified atom stereocenters. The van der Waals surface area contributed by atoms with Gasteiger partial charge in [0.2, 0.25) is 5.91 Å². The van der Waals surface area contributed by atoms with E-state index in [4.69, 9.17) is 4.74 Å². The average molecular weight is 254 g/mol. The lowest BCUT2D eigenvalue weighted by Gasteiger charge is -2.23. The Kier molecular flexibility index (Phi) is 5.01. The summed E-state index contributed by atoms with van der Waals surface area (Å²) in [4.78, 5) is 14.1. The van der Waals surface area contributed by atoms with Gasteiger partial charge in [-0.25, -0.2) is 0 Å². The Balaban J connectivity index is 1.66. The minimum atomic E-state index is 0.231. The maximum absolute atomic E-state index is 12.1. The van der Waals surface area contributed by atoms with Crippen molar-refractivity contribution in [2.75, 3.05) is 32.8 Å². The first-order valence-corrected chi connectivity index (χ1v) is 7.28. The van der Waals surface area contributed by atoms with Crippen LogP contribution in [0.3, 0.4) is 0 Å². The zero-order valence-corrected chi connectivity index (χ0v) is 11.7. The SMILES string of the molecule is CC(C)CCOCCN1CC2NCCCC2C1=O. The van der Waals surface area contributed by atoms with E-state index in [1.54, 1.807) is 0 Å². The fourth-order valence-electron chi connectivity index (χ4n) is 2.80. The van der Waals surface area contributed by atoms with Gasteiger partial charge in [0.1, 0.15) is 0 Å². The van der Waals surface area contributed by atoms with Gasteiger partial charge in [0.05, 0.1) is 12.5 Å². The lowest BCUT2D eigenvalue weighted by molar-refractivity contribution is -0.132. The van der Waals surface area contributed by atoms with Gasteiger partial charge >= 0.3 is 0 Å². The number of hydrogen-bond acceptors (Lipinski definition) is 3. The van der Waals surface area contributed by atoms with E-state index in [0.29, 0.717) is 24.5 Å². The van der Waals surface area contributed by atoms with E-state index in [0.717, 1.165) is 45.5 Å².